The van der Waals surface area contributed by atoms with E-state index in [1.807, 2.05) is 12.1 Å². The van der Waals surface area contributed by atoms with E-state index in [4.69, 9.17) is 10.5 Å². The van der Waals surface area contributed by atoms with Crippen molar-refractivity contribution in [3.05, 3.63) is 53.9 Å². The summed E-state index contributed by atoms with van der Waals surface area (Å²) in [6, 6.07) is 10.6. The van der Waals surface area contributed by atoms with E-state index in [1.165, 1.54) is 0 Å². The first-order chi connectivity index (χ1) is 8.29. The first kappa shape index (κ1) is 11.4. The standard InChI is InChI=1S/C13H14N2O2/c14-8-10-5-6-15-11(7-10)9-17-13-4-2-1-3-12(13)16/h1-7,16H,8-9,14H2. The van der Waals surface area contributed by atoms with Gasteiger partial charge in [-0.15, -0.1) is 0 Å². The van der Waals surface area contributed by atoms with Gasteiger partial charge in [0.1, 0.15) is 6.61 Å². The van der Waals surface area contributed by atoms with Gasteiger partial charge in [-0.2, -0.15) is 0 Å². The molecule has 17 heavy (non-hydrogen) atoms. The average Bonchev–Trinajstić information content (AvgIpc) is 2.38. The lowest BCUT2D eigenvalue weighted by Gasteiger charge is -2.07. The summed E-state index contributed by atoms with van der Waals surface area (Å²) < 4.78 is 5.47. The van der Waals surface area contributed by atoms with Crippen molar-refractivity contribution >= 4 is 0 Å². The van der Waals surface area contributed by atoms with E-state index in [-0.39, 0.29) is 5.75 Å². The van der Waals surface area contributed by atoms with Gasteiger partial charge in [0.25, 0.3) is 0 Å². The zero-order valence-corrected chi connectivity index (χ0v) is 9.34. The number of nitrogens with zero attached hydrogens (tertiary/aromatic N) is 1. The molecule has 0 saturated heterocycles. The molecular weight excluding hydrogens is 216 g/mol. The molecular formula is C13H14N2O2. The molecule has 0 bridgehead atoms. The van der Waals surface area contributed by atoms with Crippen LogP contribution in [0, 0.1) is 0 Å². The third-order valence-corrected chi connectivity index (χ3v) is 2.36. The summed E-state index contributed by atoms with van der Waals surface area (Å²) in [6.45, 7) is 0.789. The Hall–Kier alpha value is -2.07. The number of pyridine rings is 1. The van der Waals surface area contributed by atoms with Gasteiger partial charge in [-0.25, -0.2) is 0 Å². The van der Waals surface area contributed by atoms with E-state index >= 15 is 0 Å². The summed E-state index contributed by atoms with van der Waals surface area (Å²) in [5.74, 6) is 0.579. The Balaban J connectivity index is 2.05. The van der Waals surface area contributed by atoms with E-state index in [1.54, 1.807) is 30.5 Å². The molecule has 0 aliphatic carbocycles. The fourth-order valence-electron chi connectivity index (χ4n) is 1.46. The Morgan fingerprint density at radius 3 is 2.82 bits per heavy atom. The molecule has 1 aromatic heterocycles. The predicted octanol–water partition coefficient (Wildman–Crippen LogP) is 1.82. The monoisotopic (exact) mass is 230 g/mol. The van der Waals surface area contributed by atoms with Crippen molar-refractivity contribution < 1.29 is 9.84 Å². The Morgan fingerprint density at radius 2 is 2.06 bits per heavy atom. The van der Waals surface area contributed by atoms with E-state index in [0.717, 1.165) is 11.3 Å². The SMILES string of the molecule is NCc1ccnc(COc2ccccc2O)c1. The van der Waals surface area contributed by atoms with Gasteiger partial charge in [0.05, 0.1) is 5.69 Å². The van der Waals surface area contributed by atoms with Crippen LogP contribution in [0.5, 0.6) is 11.5 Å². The fourth-order valence-corrected chi connectivity index (χ4v) is 1.46. The predicted molar refractivity (Wildman–Crippen MR) is 64.6 cm³/mol. The maximum atomic E-state index is 9.52. The van der Waals surface area contributed by atoms with Crippen molar-refractivity contribution in [2.24, 2.45) is 5.73 Å². The number of rotatable bonds is 4. The highest BCUT2D eigenvalue weighted by molar-refractivity contribution is 5.38. The van der Waals surface area contributed by atoms with Gasteiger partial charge < -0.3 is 15.6 Å². The number of aromatic nitrogens is 1. The fraction of sp³-hybridized carbons (Fsp3) is 0.154. The molecule has 0 aliphatic heterocycles. The second kappa shape index (κ2) is 5.32. The summed E-state index contributed by atoms with van der Waals surface area (Å²) in [6.07, 6.45) is 1.70. The highest BCUT2D eigenvalue weighted by Gasteiger charge is 2.02. The van der Waals surface area contributed by atoms with Crippen LogP contribution in [0.1, 0.15) is 11.3 Å². The highest BCUT2D eigenvalue weighted by Crippen LogP contribution is 2.25. The molecule has 0 unspecified atom stereocenters. The molecule has 0 spiro atoms. The number of ether oxygens (including phenoxy) is 1. The highest BCUT2D eigenvalue weighted by atomic mass is 16.5. The van der Waals surface area contributed by atoms with E-state index in [0.29, 0.717) is 18.9 Å². The third kappa shape index (κ3) is 2.95. The number of phenols is 1. The number of nitrogens with two attached hydrogens (primary N) is 1. The van der Waals surface area contributed by atoms with Gasteiger partial charge >= 0.3 is 0 Å². The number of phenolic OH excluding ortho intramolecular Hbond substituents is 1. The van der Waals surface area contributed by atoms with Crippen LogP contribution in [-0.2, 0) is 13.2 Å². The third-order valence-electron chi connectivity index (χ3n) is 2.36. The molecule has 2 rings (SSSR count). The average molecular weight is 230 g/mol. The van der Waals surface area contributed by atoms with Crippen LogP contribution in [0.3, 0.4) is 0 Å². The molecule has 0 fully saturated rings. The van der Waals surface area contributed by atoms with E-state index in [9.17, 15) is 5.11 Å². The molecule has 2 aromatic rings. The van der Waals surface area contributed by atoms with Gasteiger partial charge in [0.2, 0.25) is 0 Å². The maximum absolute atomic E-state index is 9.52. The van der Waals surface area contributed by atoms with Crippen LogP contribution in [0.2, 0.25) is 0 Å². The second-order valence-electron chi connectivity index (χ2n) is 3.62. The van der Waals surface area contributed by atoms with E-state index in [2.05, 4.69) is 4.98 Å². The lowest BCUT2D eigenvalue weighted by molar-refractivity contribution is 0.285. The van der Waals surface area contributed by atoms with Gasteiger partial charge in [-0.1, -0.05) is 12.1 Å². The summed E-state index contributed by atoms with van der Waals surface area (Å²) in [7, 11) is 0. The molecule has 88 valence electrons. The Bertz CT molecular complexity index is 500. The zero-order valence-electron chi connectivity index (χ0n) is 9.34. The largest absolute Gasteiger partial charge is 0.504 e. The molecule has 4 nitrogen and oxygen atoms in total. The first-order valence-electron chi connectivity index (χ1n) is 5.34. The molecule has 0 aliphatic rings. The van der Waals surface area contributed by atoms with Crippen molar-refractivity contribution in [2.75, 3.05) is 0 Å². The molecule has 1 heterocycles. The number of para-hydroxylation sites is 2. The van der Waals surface area contributed by atoms with Gasteiger partial charge in [-0.05, 0) is 29.8 Å². The minimum atomic E-state index is 0.127. The Morgan fingerprint density at radius 1 is 1.24 bits per heavy atom. The van der Waals surface area contributed by atoms with Crippen molar-refractivity contribution in [2.45, 2.75) is 13.2 Å². The van der Waals surface area contributed by atoms with Crippen molar-refractivity contribution in [3.63, 3.8) is 0 Å². The van der Waals surface area contributed by atoms with Crippen LogP contribution in [-0.4, -0.2) is 10.1 Å². The van der Waals surface area contributed by atoms with E-state index < -0.39 is 0 Å². The Labute approximate surface area is 99.7 Å². The minimum absolute atomic E-state index is 0.127. The topological polar surface area (TPSA) is 68.4 Å². The molecule has 0 atom stereocenters. The number of hydrogen-bond acceptors (Lipinski definition) is 4. The van der Waals surface area contributed by atoms with Crippen LogP contribution in [0.15, 0.2) is 42.6 Å². The first-order valence-corrected chi connectivity index (χ1v) is 5.34. The lowest BCUT2D eigenvalue weighted by Crippen LogP contribution is -2.02. The summed E-state index contributed by atoms with van der Waals surface area (Å²) in [5, 5.41) is 9.52. The summed E-state index contributed by atoms with van der Waals surface area (Å²) in [4.78, 5) is 4.17. The molecule has 4 heteroatoms. The second-order valence-corrected chi connectivity index (χ2v) is 3.62. The summed E-state index contributed by atoms with van der Waals surface area (Å²) in [5.41, 5.74) is 7.34. The molecule has 0 amide bonds. The van der Waals surface area contributed by atoms with Gasteiger partial charge in [-0.3, -0.25) is 4.98 Å². The normalized spacial score (nSPS) is 10.2. The van der Waals surface area contributed by atoms with Crippen LogP contribution in [0.25, 0.3) is 0 Å². The van der Waals surface area contributed by atoms with Gasteiger partial charge in [0.15, 0.2) is 11.5 Å². The summed E-state index contributed by atoms with van der Waals surface area (Å²) >= 11 is 0. The number of benzene rings is 1. The van der Waals surface area contributed by atoms with Crippen LogP contribution >= 0.6 is 0 Å². The van der Waals surface area contributed by atoms with Crippen molar-refractivity contribution in [1.29, 1.82) is 0 Å². The smallest absolute Gasteiger partial charge is 0.161 e. The van der Waals surface area contributed by atoms with Gasteiger partial charge in [0, 0.05) is 12.7 Å². The minimum Gasteiger partial charge on any atom is -0.504 e. The molecule has 0 radical (unpaired) electrons. The van der Waals surface area contributed by atoms with Crippen LogP contribution < -0.4 is 10.5 Å². The quantitative estimate of drug-likeness (QED) is 0.840. The van der Waals surface area contributed by atoms with Crippen LogP contribution in [0.4, 0.5) is 0 Å². The van der Waals surface area contributed by atoms with Crippen molar-refractivity contribution in [3.8, 4) is 11.5 Å². The number of hydrogen-bond donors (Lipinski definition) is 2. The van der Waals surface area contributed by atoms with Crippen molar-refractivity contribution in [1.82, 2.24) is 4.98 Å². The Kier molecular flexibility index (Phi) is 3.57. The number of aromatic hydroxyl groups is 1. The zero-order chi connectivity index (χ0) is 12.1. The maximum Gasteiger partial charge on any atom is 0.161 e. The molecule has 3 N–H and O–H groups in total. The lowest BCUT2D eigenvalue weighted by atomic mass is 10.2. The molecule has 0 saturated carbocycles. The molecule has 1 aromatic carbocycles.